The molecule has 1 aromatic rings. The van der Waals surface area contributed by atoms with E-state index < -0.39 is 0 Å². The molecule has 1 atom stereocenters. The fourth-order valence-electron chi connectivity index (χ4n) is 2.12. The molecule has 0 spiro atoms. The summed E-state index contributed by atoms with van der Waals surface area (Å²) in [7, 11) is 0. The van der Waals surface area contributed by atoms with Gasteiger partial charge in [0.2, 0.25) is 0 Å². The predicted octanol–water partition coefficient (Wildman–Crippen LogP) is 2.33. The average molecular weight is 290 g/mol. The van der Waals surface area contributed by atoms with Crippen LogP contribution in [0.2, 0.25) is 0 Å². The van der Waals surface area contributed by atoms with E-state index >= 15 is 0 Å². The summed E-state index contributed by atoms with van der Waals surface area (Å²) in [4.78, 5) is 23.9. The van der Waals surface area contributed by atoms with E-state index in [-0.39, 0.29) is 23.5 Å². The zero-order valence-corrected chi connectivity index (χ0v) is 12.7. The third kappa shape index (κ3) is 4.56. The molecule has 0 radical (unpaired) electrons. The summed E-state index contributed by atoms with van der Waals surface area (Å²) in [5, 5.41) is 5.70. The van der Waals surface area contributed by atoms with Gasteiger partial charge in [-0.05, 0) is 57.9 Å². The Labute approximate surface area is 125 Å². The molecule has 2 amide bonds. The van der Waals surface area contributed by atoms with Gasteiger partial charge in [0.05, 0.1) is 0 Å². The van der Waals surface area contributed by atoms with Crippen LogP contribution in [0.3, 0.4) is 0 Å². The van der Waals surface area contributed by atoms with Crippen LogP contribution >= 0.6 is 0 Å². The first-order valence-electron chi connectivity index (χ1n) is 7.20. The molecule has 114 valence electrons. The number of rotatable bonds is 3. The summed E-state index contributed by atoms with van der Waals surface area (Å²) in [6.45, 7) is 6.44. The first-order chi connectivity index (χ1) is 9.85. The van der Waals surface area contributed by atoms with Crippen molar-refractivity contribution in [1.29, 1.82) is 0 Å². The Morgan fingerprint density at radius 2 is 1.86 bits per heavy atom. The highest BCUT2D eigenvalue weighted by Crippen LogP contribution is 2.16. The molecular weight excluding hydrogens is 268 g/mol. The minimum absolute atomic E-state index is 0.125. The number of carbonyl (C=O) groups is 2. The summed E-state index contributed by atoms with van der Waals surface area (Å²) in [6.07, 6.45) is 1.33. The maximum absolute atomic E-state index is 12.0. The quantitative estimate of drug-likeness (QED) is 0.898. The Morgan fingerprint density at radius 3 is 2.38 bits per heavy atom. The van der Waals surface area contributed by atoms with Crippen molar-refractivity contribution in [3.63, 3.8) is 0 Å². The monoisotopic (exact) mass is 290 g/mol. The van der Waals surface area contributed by atoms with Gasteiger partial charge in [-0.15, -0.1) is 0 Å². The molecule has 5 heteroatoms. The lowest BCUT2D eigenvalue weighted by molar-refractivity contribution is -0.124. The minimum atomic E-state index is -0.353. The number of carbonyl (C=O) groups excluding carboxylic acids is 2. The second kappa shape index (κ2) is 6.26. The Bertz CT molecular complexity index is 511. The molecule has 2 N–H and O–H groups in total. The van der Waals surface area contributed by atoms with Crippen molar-refractivity contribution in [2.75, 3.05) is 11.9 Å². The fraction of sp³-hybridized carbons (Fsp3) is 0.500. The van der Waals surface area contributed by atoms with Crippen molar-refractivity contribution in [2.45, 2.75) is 45.3 Å². The number of hydrogen-bond acceptors (Lipinski definition) is 3. The van der Waals surface area contributed by atoms with E-state index in [9.17, 15) is 9.59 Å². The van der Waals surface area contributed by atoms with Gasteiger partial charge < -0.3 is 15.4 Å². The summed E-state index contributed by atoms with van der Waals surface area (Å²) in [5.41, 5.74) is 0.965. The third-order valence-electron chi connectivity index (χ3n) is 3.13. The van der Waals surface area contributed by atoms with Crippen LogP contribution in [0, 0.1) is 0 Å². The molecule has 0 bridgehead atoms. The molecule has 1 aliphatic heterocycles. The van der Waals surface area contributed by atoms with E-state index in [4.69, 9.17) is 4.74 Å². The largest absolute Gasteiger partial charge is 0.368 e. The van der Waals surface area contributed by atoms with Crippen LogP contribution in [0.5, 0.6) is 0 Å². The fourth-order valence-corrected chi connectivity index (χ4v) is 2.12. The standard InChI is InChI=1S/C16H22N2O3/c1-16(2,3)18-14(19)11-6-8-12(9-7-11)17-15(20)13-5-4-10-21-13/h6-9,13H,4-5,10H2,1-3H3,(H,17,20)(H,18,19)/t13-/m0/s1. The first-order valence-corrected chi connectivity index (χ1v) is 7.20. The zero-order valence-electron chi connectivity index (χ0n) is 12.7. The van der Waals surface area contributed by atoms with Gasteiger partial charge in [0.25, 0.3) is 11.8 Å². The van der Waals surface area contributed by atoms with Gasteiger partial charge >= 0.3 is 0 Å². The third-order valence-corrected chi connectivity index (χ3v) is 3.13. The molecule has 0 saturated carbocycles. The summed E-state index contributed by atoms with van der Waals surface area (Å²) < 4.78 is 5.33. The van der Waals surface area contributed by atoms with E-state index in [1.807, 2.05) is 20.8 Å². The smallest absolute Gasteiger partial charge is 0.253 e. The van der Waals surface area contributed by atoms with Crippen LogP contribution in [-0.4, -0.2) is 30.1 Å². The van der Waals surface area contributed by atoms with Crippen molar-refractivity contribution < 1.29 is 14.3 Å². The van der Waals surface area contributed by atoms with Gasteiger partial charge in [-0.1, -0.05) is 0 Å². The number of nitrogens with one attached hydrogen (secondary N) is 2. The predicted molar refractivity (Wildman–Crippen MR) is 81.3 cm³/mol. The average Bonchev–Trinajstić information content (AvgIpc) is 2.91. The number of ether oxygens (including phenoxy) is 1. The molecule has 1 aromatic carbocycles. The second-order valence-corrected chi connectivity index (χ2v) is 6.27. The van der Waals surface area contributed by atoms with E-state index in [0.717, 1.165) is 12.8 Å². The summed E-state index contributed by atoms with van der Waals surface area (Å²) in [5.74, 6) is -0.251. The maximum Gasteiger partial charge on any atom is 0.253 e. The van der Waals surface area contributed by atoms with E-state index in [1.165, 1.54) is 0 Å². The van der Waals surface area contributed by atoms with Crippen molar-refractivity contribution >= 4 is 17.5 Å². The zero-order chi connectivity index (χ0) is 15.5. The molecule has 1 aliphatic rings. The Balaban J connectivity index is 1.95. The summed E-state index contributed by atoms with van der Waals surface area (Å²) in [6, 6.07) is 6.85. The van der Waals surface area contributed by atoms with Crippen LogP contribution in [0.15, 0.2) is 24.3 Å². The number of benzene rings is 1. The van der Waals surface area contributed by atoms with Crippen LogP contribution in [0.1, 0.15) is 44.0 Å². The van der Waals surface area contributed by atoms with Gasteiger partial charge in [-0.3, -0.25) is 9.59 Å². The van der Waals surface area contributed by atoms with Gasteiger partial charge in [0.15, 0.2) is 0 Å². The van der Waals surface area contributed by atoms with Crippen molar-refractivity contribution in [3.8, 4) is 0 Å². The highest BCUT2D eigenvalue weighted by atomic mass is 16.5. The van der Waals surface area contributed by atoms with Gasteiger partial charge in [-0.25, -0.2) is 0 Å². The lowest BCUT2D eigenvalue weighted by atomic mass is 10.1. The van der Waals surface area contributed by atoms with Crippen LogP contribution < -0.4 is 10.6 Å². The summed E-state index contributed by atoms with van der Waals surface area (Å²) >= 11 is 0. The van der Waals surface area contributed by atoms with Gasteiger partial charge in [0.1, 0.15) is 6.10 Å². The SMILES string of the molecule is CC(C)(C)NC(=O)c1ccc(NC(=O)[C@@H]2CCCO2)cc1. The second-order valence-electron chi connectivity index (χ2n) is 6.27. The van der Waals surface area contributed by atoms with E-state index in [0.29, 0.717) is 17.9 Å². The van der Waals surface area contributed by atoms with Crippen LogP contribution in [0.25, 0.3) is 0 Å². The number of anilines is 1. The topological polar surface area (TPSA) is 67.4 Å². The molecular formula is C16H22N2O3. The van der Waals surface area contributed by atoms with Gasteiger partial charge in [0, 0.05) is 23.4 Å². The van der Waals surface area contributed by atoms with Crippen LogP contribution in [0.4, 0.5) is 5.69 Å². The lowest BCUT2D eigenvalue weighted by Gasteiger charge is -2.20. The molecule has 5 nitrogen and oxygen atoms in total. The van der Waals surface area contributed by atoms with Gasteiger partial charge in [-0.2, -0.15) is 0 Å². The molecule has 1 heterocycles. The van der Waals surface area contributed by atoms with Crippen molar-refractivity contribution in [2.24, 2.45) is 0 Å². The highest BCUT2D eigenvalue weighted by molar-refractivity contribution is 5.97. The first kappa shape index (κ1) is 15.5. The molecule has 21 heavy (non-hydrogen) atoms. The Kier molecular flexibility index (Phi) is 4.63. The number of amides is 2. The lowest BCUT2D eigenvalue weighted by Crippen LogP contribution is -2.40. The minimum Gasteiger partial charge on any atom is -0.368 e. The highest BCUT2D eigenvalue weighted by Gasteiger charge is 2.23. The van der Waals surface area contributed by atoms with Crippen molar-refractivity contribution in [1.82, 2.24) is 5.32 Å². The number of hydrogen-bond donors (Lipinski definition) is 2. The molecule has 0 unspecified atom stereocenters. The normalized spacial score (nSPS) is 18.3. The molecule has 2 rings (SSSR count). The molecule has 0 aromatic heterocycles. The van der Waals surface area contributed by atoms with Crippen molar-refractivity contribution in [3.05, 3.63) is 29.8 Å². The molecule has 0 aliphatic carbocycles. The Hall–Kier alpha value is -1.88. The maximum atomic E-state index is 12.0. The molecule has 1 fully saturated rings. The molecule has 1 saturated heterocycles. The van der Waals surface area contributed by atoms with E-state index in [1.54, 1.807) is 24.3 Å². The van der Waals surface area contributed by atoms with E-state index in [2.05, 4.69) is 10.6 Å². The van der Waals surface area contributed by atoms with Crippen LogP contribution in [-0.2, 0) is 9.53 Å². The Morgan fingerprint density at radius 1 is 1.19 bits per heavy atom.